The number of amides is 1. The zero-order chi connectivity index (χ0) is 24.4. The smallest absolute Gasteiger partial charge is 0.234 e. The number of benzene rings is 3. The summed E-state index contributed by atoms with van der Waals surface area (Å²) >= 11 is 1.31. The van der Waals surface area contributed by atoms with Gasteiger partial charge in [0, 0.05) is 17.7 Å². The number of fused-ring (bicyclic) bond motifs is 2. The van der Waals surface area contributed by atoms with E-state index in [0.29, 0.717) is 28.8 Å². The third-order valence-corrected chi connectivity index (χ3v) is 6.58. The molecule has 1 aliphatic rings. The monoisotopic (exact) mass is 482 g/mol. The van der Waals surface area contributed by atoms with Crippen molar-refractivity contribution in [3.63, 3.8) is 0 Å². The lowest BCUT2D eigenvalue weighted by Crippen LogP contribution is -2.22. The molecule has 0 saturated heterocycles. The second-order valence-corrected chi connectivity index (χ2v) is 9.01. The Kier molecular flexibility index (Phi) is 6.20. The van der Waals surface area contributed by atoms with Crippen LogP contribution in [-0.4, -0.2) is 27.6 Å². The molecule has 7 nitrogen and oxygen atoms in total. The summed E-state index contributed by atoms with van der Waals surface area (Å²) in [7, 11) is 0. The van der Waals surface area contributed by atoms with E-state index in [1.807, 2.05) is 55.5 Å². The Bertz CT molecular complexity index is 1420. The first kappa shape index (κ1) is 22.6. The number of nitrogens with one attached hydrogen (secondary N) is 1. The van der Waals surface area contributed by atoms with Crippen LogP contribution in [0.4, 0.5) is 5.69 Å². The fourth-order valence-corrected chi connectivity index (χ4v) is 4.65. The highest BCUT2D eigenvalue weighted by molar-refractivity contribution is 8.00. The minimum atomic E-state index is -1.26. The summed E-state index contributed by atoms with van der Waals surface area (Å²) in [6.07, 6.45) is 0.607. The zero-order valence-electron chi connectivity index (χ0n) is 18.8. The Morgan fingerprint density at radius 2 is 1.77 bits per heavy atom. The Hall–Kier alpha value is -4.17. The van der Waals surface area contributed by atoms with Crippen LogP contribution in [0.2, 0.25) is 0 Å². The van der Waals surface area contributed by atoms with Gasteiger partial charge in [-0.3, -0.25) is 4.79 Å². The maximum atomic E-state index is 12.6. The zero-order valence-corrected chi connectivity index (χ0v) is 19.6. The molecule has 0 saturated carbocycles. The fraction of sp³-hybridized carbons (Fsp3) is 0.111. The standard InChI is InChI=1S/C27H21N3O4S/c1-16-6-5-9-19-14-21-25(34-23(16)19)29-24(17-7-3-2-4-8-17)30-26(21)35-15-22(31)28-20-12-10-18(11-13-20)27(32)33/h2-13H,14-15H2,1H3,(H,28,31)(H,32,33)/p-1. The van der Waals surface area contributed by atoms with Crippen LogP contribution in [0, 0.1) is 6.92 Å². The van der Waals surface area contributed by atoms with E-state index < -0.39 is 5.97 Å². The molecule has 0 unspecified atom stereocenters. The number of hydrogen-bond acceptors (Lipinski definition) is 7. The highest BCUT2D eigenvalue weighted by Crippen LogP contribution is 2.41. The lowest BCUT2D eigenvalue weighted by molar-refractivity contribution is -0.255. The highest BCUT2D eigenvalue weighted by Gasteiger charge is 2.25. The summed E-state index contributed by atoms with van der Waals surface area (Å²) in [6.45, 7) is 2.00. The van der Waals surface area contributed by atoms with Gasteiger partial charge >= 0.3 is 0 Å². The van der Waals surface area contributed by atoms with Crippen LogP contribution in [0.1, 0.15) is 27.0 Å². The van der Waals surface area contributed by atoms with Crippen LogP contribution >= 0.6 is 11.8 Å². The molecule has 1 N–H and O–H groups in total. The van der Waals surface area contributed by atoms with E-state index in [4.69, 9.17) is 14.7 Å². The summed E-state index contributed by atoms with van der Waals surface area (Å²) in [5.74, 6) is 0.452. The van der Waals surface area contributed by atoms with E-state index >= 15 is 0 Å². The predicted molar refractivity (Wildman–Crippen MR) is 132 cm³/mol. The second kappa shape index (κ2) is 9.60. The van der Waals surface area contributed by atoms with Gasteiger partial charge in [-0.25, -0.2) is 4.98 Å². The maximum Gasteiger partial charge on any atom is 0.234 e. The Morgan fingerprint density at radius 3 is 2.51 bits per heavy atom. The number of rotatable bonds is 6. The summed E-state index contributed by atoms with van der Waals surface area (Å²) < 4.78 is 6.23. The van der Waals surface area contributed by atoms with E-state index in [-0.39, 0.29) is 17.2 Å². The van der Waals surface area contributed by atoms with Gasteiger partial charge in [0.2, 0.25) is 11.8 Å². The highest BCUT2D eigenvalue weighted by atomic mass is 32.2. The van der Waals surface area contributed by atoms with Crippen LogP contribution in [0.5, 0.6) is 11.6 Å². The van der Waals surface area contributed by atoms with Crippen molar-refractivity contribution in [1.29, 1.82) is 0 Å². The van der Waals surface area contributed by atoms with Crippen molar-refractivity contribution >= 4 is 29.3 Å². The van der Waals surface area contributed by atoms with Crippen LogP contribution in [0.3, 0.4) is 0 Å². The molecule has 1 amide bonds. The van der Waals surface area contributed by atoms with Crippen LogP contribution in [0.25, 0.3) is 11.4 Å². The van der Waals surface area contributed by atoms with Crippen molar-refractivity contribution in [3.05, 3.63) is 95.1 Å². The van der Waals surface area contributed by atoms with Gasteiger partial charge in [0.15, 0.2) is 5.82 Å². The summed E-state index contributed by atoms with van der Waals surface area (Å²) in [4.78, 5) is 33.0. The predicted octanol–water partition coefficient (Wildman–Crippen LogP) is 4.24. The third kappa shape index (κ3) is 4.88. The fourth-order valence-electron chi connectivity index (χ4n) is 3.82. The van der Waals surface area contributed by atoms with Gasteiger partial charge in [0.25, 0.3) is 0 Å². The second-order valence-electron chi connectivity index (χ2n) is 8.05. The molecule has 174 valence electrons. The van der Waals surface area contributed by atoms with Crippen LogP contribution in [-0.2, 0) is 11.2 Å². The summed E-state index contributed by atoms with van der Waals surface area (Å²) in [5, 5.41) is 14.4. The first-order chi connectivity index (χ1) is 17.0. The van der Waals surface area contributed by atoms with E-state index in [2.05, 4.69) is 5.32 Å². The van der Waals surface area contributed by atoms with Gasteiger partial charge in [-0.15, -0.1) is 0 Å². The molecule has 1 aromatic heterocycles. The van der Waals surface area contributed by atoms with Gasteiger partial charge in [-0.1, -0.05) is 72.4 Å². The van der Waals surface area contributed by atoms with Crippen molar-refractivity contribution in [2.45, 2.75) is 18.4 Å². The Labute approximate surface area is 206 Å². The summed E-state index contributed by atoms with van der Waals surface area (Å²) in [6, 6.07) is 21.5. The quantitative estimate of drug-likeness (QED) is 0.285. The van der Waals surface area contributed by atoms with Gasteiger partial charge in [0.05, 0.1) is 17.3 Å². The van der Waals surface area contributed by atoms with Gasteiger partial charge in [-0.05, 0) is 35.7 Å². The molecule has 5 rings (SSSR count). The Morgan fingerprint density at radius 1 is 1.00 bits per heavy atom. The molecule has 0 spiro atoms. The van der Waals surface area contributed by atoms with E-state index in [1.54, 1.807) is 0 Å². The largest absolute Gasteiger partial charge is 0.545 e. The molecule has 8 heteroatoms. The molecule has 0 fully saturated rings. The minimum Gasteiger partial charge on any atom is -0.545 e. The molecule has 3 aromatic carbocycles. The number of carbonyl (C=O) groups is 2. The van der Waals surface area contributed by atoms with Crippen molar-refractivity contribution in [1.82, 2.24) is 9.97 Å². The molecule has 0 bridgehead atoms. The van der Waals surface area contributed by atoms with Gasteiger partial charge in [0.1, 0.15) is 10.8 Å². The topological polar surface area (TPSA) is 104 Å². The normalized spacial score (nSPS) is 11.7. The van der Waals surface area contributed by atoms with Crippen molar-refractivity contribution < 1.29 is 19.4 Å². The van der Waals surface area contributed by atoms with Crippen molar-refractivity contribution in [3.8, 4) is 23.0 Å². The maximum absolute atomic E-state index is 12.6. The third-order valence-electron chi connectivity index (χ3n) is 5.57. The number of carbonyl (C=O) groups excluding carboxylic acids is 2. The number of ether oxygens (including phenoxy) is 1. The lowest BCUT2D eigenvalue weighted by atomic mass is 10.0. The lowest BCUT2D eigenvalue weighted by Gasteiger charge is -2.23. The van der Waals surface area contributed by atoms with E-state index in [1.165, 1.54) is 36.0 Å². The number of thioether (sulfide) groups is 1. The SMILES string of the molecule is Cc1cccc2c1Oc1nc(-c3ccccc3)nc(SCC(=O)Nc3ccc(C(=O)[O-])cc3)c1C2. The number of aromatic carboxylic acids is 1. The average Bonchev–Trinajstić information content (AvgIpc) is 2.87. The molecule has 0 aliphatic carbocycles. The van der Waals surface area contributed by atoms with Gasteiger partial charge < -0.3 is 20.0 Å². The first-order valence-electron chi connectivity index (χ1n) is 10.9. The summed E-state index contributed by atoms with van der Waals surface area (Å²) in [5.41, 5.74) is 4.34. The van der Waals surface area contributed by atoms with Crippen molar-refractivity contribution in [2.24, 2.45) is 0 Å². The Balaban J connectivity index is 1.40. The van der Waals surface area contributed by atoms with E-state index in [0.717, 1.165) is 28.0 Å². The number of aromatic nitrogens is 2. The number of nitrogens with zero attached hydrogens (tertiary/aromatic N) is 2. The molecule has 0 atom stereocenters. The van der Waals surface area contributed by atoms with E-state index in [9.17, 15) is 14.7 Å². The molecule has 1 aliphatic heterocycles. The number of hydrogen-bond donors (Lipinski definition) is 1. The molecule has 0 radical (unpaired) electrons. The number of para-hydroxylation sites is 1. The minimum absolute atomic E-state index is 0.0500. The first-order valence-corrected chi connectivity index (χ1v) is 11.9. The molecular formula is C27H20N3O4S-. The van der Waals surface area contributed by atoms with Crippen molar-refractivity contribution in [2.75, 3.05) is 11.1 Å². The number of anilines is 1. The number of carboxylic acids is 1. The molecule has 35 heavy (non-hydrogen) atoms. The molecular weight excluding hydrogens is 462 g/mol. The number of aryl methyl sites for hydroxylation is 1. The molecule has 2 heterocycles. The molecule has 4 aromatic rings. The van der Waals surface area contributed by atoms with Crippen LogP contribution < -0.4 is 15.2 Å². The average molecular weight is 483 g/mol. The van der Waals surface area contributed by atoms with Gasteiger partial charge in [-0.2, -0.15) is 4.98 Å². The number of carboxylic acid groups (broad SMARTS) is 1. The van der Waals surface area contributed by atoms with Crippen LogP contribution in [0.15, 0.2) is 77.8 Å².